The maximum Gasteiger partial charge on any atom is 0.160 e. The van der Waals surface area contributed by atoms with Crippen LogP contribution in [0.2, 0.25) is 0 Å². The minimum absolute atomic E-state index is 0.0910. The van der Waals surface area contributed by atoms with Crippen LogP contribution in [0.4, 0.5) is 0 Å². The van der Waals surface area contributed by atoms with Gasteiger partial charge in [0.25, 0.3) is 0 Å². The van der Waals surface area contributed by atoms with Crippen LogP contribution >= 0.6 is 0 Å². The number of hydrogen-bond donors (Lipinski definition) is 1. The molecular formula is C14H26N2O. The van der Waals surface area contributed by atoms with E-state index in [1.165, 1.54) is 0 Å². The Bertz CT molecular complexity index is 384. The Morgan fingerprint density at radius 1 is 1.18 bits per heavy atom. The van der Waals surface area contributed by atoms with E-state index in [9.17, 15) is 5.11 Å². The van der Waals surface area contributed by atoms with Crippen LogP contribution in [-0.4, -0.2) is 14.9 Å². The van der Waals surface area contributed by atoms with Crippen LogP contribution in [0, 0.1) is 5.92 Å². The highest BCUT2D eigenvalue weighted by Gasteiger charge is 2.26. The van der Waals surface area contributed by atoms with E-state index in [4.69, 9.17) is 0 Å². The largest absolute Gasteiger partial charge is 0.504 e. The smallest absolute Gasteiger partial charge is 0.160 e. The average molecular weight is 238 g/mol. The maximum atomic E-state index is 10.3. The van der Waals surface area contributed by atoms with Crippen molar-refractivity contribution in [3.05, 3.63) is 11.4 Å². The van der Waals surface area contributed by atoms with E-state index >= 15 is 0 Å². The van der Waals surface area contributed by atoms with E-state index in [2.05, 4.69) is 53.6 Å². The Kier molecular flexibility index (Phi) is 3.90. The molecule has 0 spiro atoms. The lowest BCUT2D eigenvalue weighted by Gasteiger charge is -2.23. The molecule has 0 aliphatic rings. The van der Waals surface area contributed by atoms with Gasteiger partial charge in [0.1, 0.15) is 5.69 Å². The van der Waals surface area contributed by atoms with Crippen LogP contribution in [0.1, 0.15) is 65.8 Å². The lowest BCUT2D eigenvalue weighted by Crippen LogP contribution is -2.26. The first kappa shape index (κ1) is 14.1. The third-order valence-electron chi connectivity index (χ3n) is 2.75. The number of nitrogens with zero attached hydrogens (tertiary/aromatic N) is 2. The van der Waals surface area contributed by atoms with Gasteiger partial charge in [0, 0.05) is 0 Å². The van der Waals surface area contributed by atoms with Gasteiger partial charge in [0.15, 0.2) is 5.75 Å². The van der Waals surface area contributed by atoms with Crippen molar-refractivity contribution in [3.8, 4) is 5.75 Å². The van der Waals surface area contributed by atoms with Gasteiger partial charge >= 0.3 is 0 Å². The Hall–Kier alpha value is -0.990. The second kappa shape index (κ2) is 4.71. The van der Waals surface area contributed by atoms with Crippen molar-refractivity contribution in [1.29, 1.82) is 0 Å². The van der Waals surface area contributed by atoms with Crippen molar-refractivity contribution in [3.63, 3.8) is 0 Å². The first-order chi connectivity index (χ1) is 7.64. The summed E-state index contributed by atoms with van der Waals surface area (Å²) in [6.07, 6.45) is 0.828. The summed E-state index contributed by atoms with van der Waals surface area (Å²) in [4.78, 5) is 0. The fraction of sp³-hybridized carbons (Fsp3) is 0.786. The number of aromatic nitrogens is 2. The molecule has 98 valence electrons. The highest BCUT2D eigenvalue weighted by Crippen LogP contribution is 2.33. The molecule has 0 saturated heterocycles. The zero-order valence-electron chi connectivity index (χ0n) is 12.2. The summed E-state index contributed by atoms with van der Waals surface area (Å²) in [7, 11) is 0. The van der Waals surface area contributed by atoms with Gasteiger partial charge in [-0.15, -0.1) is 0 Å². The second-order valence-electron chi connectivity index (χ2n) is 6.52. The van der Waals surface area contributed by atoms with E-state index in [0.29, 0.717) is 11.7 Å². The third-order valence-corrected chi connectivity index (χ3v) is 2.75. The normalized spacial score (nSPS) is 12.8. The van der Waals surface area contributed by atoms with E-state index in [0.717, 1.165) is 17.8 Å². The van der Waals surface area contributed by atoms with Crippen LogP contribution in [-0.2, 0) is 12.0 Å². The fourth-order valence-electron chi connectivity index (χ4n) is 2.02. The lowest BCUT2D eigenvalue weighted by molar-refractivity contribution is 0.332. The number of aromatic hydroxyl groups is 1. The SMILES string of the molecule is CC(C)Cc1nn(C(C)(C)C)c(C(C)C)c1O. The van der Waals surface area contributed by atoms with Crippen molar-refractivity contribution in [2.24, 2.45) is 5.92 Å². The molecule has 1 aromatic rings. The Morgan fingerprint density at radius 3 is 2.00 bits per heavy atom. The van der Waals surface area contributed by atoms with Gasteiger partial charge in [0.2, 0.25) is 0 Å². The predicted octanol–water partition coefficient (Wildman–Crippen LogP) is 3.67. The first-order valence-corrected chi connectivity index (χ1v) is 6.45. The molecular weight excluding hydrogens is 212 g/mol. The third kappa shape index (κ3) is 3.02. The monoisotopic (exact) mass is 238 g/mol. The molecule has 0 aliphatic heterocycles. The maximum absolute atomic E-state index is 10.3. The van der Waals surface area contributed by atoms with Crippen molar-refractivity contribution in [1.82, 2.24) is 9.78 Å². The van der Waals surface area contributed by atoms with Gasteiger partial charge in [-0.25, -0.2) is 0 Å². The molecule has 0 saturated carbocycles. The summed E-state index contributed by atoms with van der Waals surface area (Å²) < 4.78 is 1.98. The van der Waals surface area contributed by atoms with Crippen LogP contribution in [0.15, 0.2) is 0 Å². The first-order valence-electron chi connectivity index (χ1n) is 6.45. The quantitative estimate of drug-likeness (QED) is 0.872. The van der Waals surface area contributed by atoms with Gasteiger partial charge < -0.3 is 5.11 Å². The molecule has 0 atom stereocenters. The summed E-state index contributed by atoms with van der Waals surface area (Å²) in [6.45, 7) is 14.8. The molecule has 1 aromatic heterocycles. The van der Waals surface area contributed by atoms with Crippen molar-refractivity contribution in [2.75, 3.05) is 0 Å². The zero-order chi connectivity index (χ0) is 13.4. The Labute approximate surface area is 105 Å². The molecule has 0 aromatic carbocycles. The molecule has 17 heavy (non-hydrogen) atoms. The Morgan fingerprint density at radius 2 is 1.71 bits per heavy atom. The van der Waals surface area contributed by atoms with Gasteiger partial charge in [-0.05, 0) is 39.0 Å². The molecule has 0 aliphatic carbocycles. The molecule has 3 heteroatoms. The second-order valence-corrected chi connectivity index (χ2v) is 6.52. The lowest BCUT2D eigenvalue weighted by atomic mass is 10.0. The van der Waals surface area contributed by atoms with E-state index in [-0.39, 0.29) is 11.5 Å². The van der Waals surface area contributed by atoms with Gasteiger partial charge in [-0.3, -0.25) is 4.68 Å². The predicted molar refractivity (Wildman–Crippen MR) is 71.5 cm³/mol. The van der Waals surface area contributed by atoms with E-state index < -0.39 is 0 Å². The van der Waals surface area contributed by atoms with Crippen LogP contribution in [0.5, 0.6) is 5.75 Å². The van der Waals surface area contributed by atoms with Gasteiger partial charge in [-0.2, -0.15) is 5.10 Å². The van der Waals surface area contributed by atoms with Crippen LogP contribution < -0.4 is 0 Å². The van der Waals surface area contributed by atoms with Gasteiger partial charge in [-0.1, -0.05) is 27.7 Å². The molecule has 1 heterocycles. The molecule has 1 N–H and O–H groups in total. The standard InChI is InChI=1S/C14H26N2O/c1-9(2)8-11-13(17)12(10(3)4)16(15-11)14(5,6)7/h9-10,17H,8H2,1-7H3. The highest BCUT2D eigenvalue weighted by molar-refractivity contribution is 5.35. The summed E-state index contributed by atoms with van der Waals surface area (Å²) >= 11 is 0. The summed E-state index contributed by atoms with van der Waals surface area (Å²) in [5, 5.41) is 14.9. The highest BCUT2D eigenvalue weighted by atomic mass is 16.3. The molecule has 0 amide bonds. The molecule has 0 radical (unpaired) electrons. The summed E-state index contributed by atoms with van der Waals surface area (Å²) in [6, 6.07) is 0. The minimum Gasteiger partial charge on any atom is -0.504 e. The average Bonchev–Trinajstić information content (AvgIpc) is 2.42. The van der Waals surface area contributed by atoms with E-state index in [1.807, 2.05) is 4.68 Å². The summed E-state index contributed by atoms with van der Waals surface area (Å²) in [5.41, 5.74) is 1.69. The molecule has 0 bridgehead atoms. The Balaban J connectivity index is 3.30. The van der Waals surface area contributed by atoms with E-state index in [1.54, 1.807) is 0 Å². The molecule has 0 unspecified atom stereocenters. The molecule has 3 nitrogen and oxygen atoms in total. The van der Waals surface area contributed by atoms with Crippen LogP contribution in [0.25, 0.3) is 0 Å². The number of rotatable bonds is 3. The van der Waals surface area contributed by atoms with Crippen LogP contribution in [0.3, 0.4) is 0 Å². The van der Waals surface area contributed by atoms with Gasteiger partial charge in [0.05, 0.1) is 11.2 Å². The summed E-state index contributed by atoms with van der Waals surface area (Å²) in [5.74, 6) is 1.18. The fourth-order valence-corrected chi connectivity index (χ4v) is 2.02. The topological polar surface area (TPSA) is 38.0 Å². The minimum atomic E-state index is -0.0910. The molecule has 1 rings (SSSR count). The van der Waals surface area contributed by atoms with Crippen molar-refractivity contribution < 1.29 is 5.11 Å². The van der Waals surface area contributed by atoms with Crippen molar-refractivity contribution in [2.45, 2.75) is 66.3 Å². The number of hydrogen-bond acceptors (Lipinski definition) is 2. The van der Waals surface area contributed by atoms with Crippen molar-refractivity contribution >= 4 is 0 Å². The molecule has 0 fully saturated rings. The zero-order valence-corrected chi connectivity index (χ0v) is 12.2.